The molecule has 0 aromatic carbocycles. The molecule has 1 N–H and O–H groups in total. The summed E-state index contributed by atoms with van der Waals surface area (Å²) in [5.74, 6) is -0.322. The van der Waals surface area contributed by atoms with E-state index in [1.807, 2.05) is 0 Å². The third kappa shape index (κ3) is 10.9. The molecule has 0 aromatic heterocycles. The summed E-state index contributed by atoms with van der Waals surface area (Å²) in [7, 11) is 0. The van der Waals surface area contributed by atoms with E-state index >= 15 is 0 Å². The van der Waals surface area contributed by atoms with Crippen molar-refractivity contribution in [3.05, 3.63) is 0 Å². The van der Waals surface area contributed by atoms with Crippen LogP contribution in [-0.2, 0) is 28.6 Å². The summed E-state index contributed by atoms with van der Waals surface area (Å²) in [6.45, 7) is 3.93. The smallest absolute Gasteiger partial charge is 0.307 e. The molecule has 0 aliphatic heterocycles. The van der Waals surface area contributed by atoms with E-state index in [0.29, 0.717) is 32.5 Å². The second kappa shape index (κ2) is 11.8. The van der Waals surface area contributed by atoms with Gasteiger partial charge in [0.25, 0.3) is 12.9 Å². The Morgan fingerprint density at radius 1 is 1.17 bits per heavy atom. The summed E-state index contributed by atoms with van der Waals surface area (Å²) < 4.78 is 14.0. The van der Waals surface area contributed by atoms with Crippen LogP contribution in [0, 0.1) is 0 Å². The van der Waals surface area contributed by atoms with Gasteiger partial charge >= 0.3 is 5.97 Å². The minimum absolute atomic E-state index is 0.235. The van der Waals surface area contributed by atoms with Crippen molar-refractivity contribution in [3.63, 3.8) is 0 Å². The predicted molar refractivity (Wildman–Crippen MR) is 61.7 cm³/mol. The Kier molecular flexibility index (Phi) is 10.8. The van der Waals surface area contributed by atoms with Crippen molar-refractivity contribution < 1.29 is 28.6 Å². The van der Waals surface area contributed by atoms with Crippen molar-refractivity contribution >= 4 is 18.9 Å². The molecular formula is C11H19NO6. The first kappa shape index (κ1) is 16.4. The van der Waals surface area contributed by atoms with Gasteiger partial charge in [0, 0.05) is 19.5 Å². The highest BCUT2D eigenvalue weighted by molar-refractivity contribution is 5.69. The molecule has 0 saturated heterocycles. The minimum atomic E-state index is -0.322. The first-order chi connectivity index (χ1) is 8.70. The maximum absolute atomic E-state index is 11.3. The Labute approximate surface area is 106 Å². The van der Waals surface area contributed by atoms with Gasteiger partial charge in [-0.1, -0.05) is 0 Å². The average Bonchev–Trinajstić information content (AvgIpc) is 2.34. The van der Waals surface area contributed by atoms with Crippen LogP contribution in [0.1, 0.15) is 19.8 Å². The van der Waals surface area contributed by atoms with Gasteiger partial charge in [0.2, 0.25) is 0 Å². The van der Waals surface area contributed by atoms with E-state index in [4.69, 9.17) is 4.74 Å². The van der Waals surface area contributed by atoms with E-state index in [0.717, 1.165) is 0 Å². The zero-order valence-electron chi connectivity index (χ0n) is 10.4. The molecule has 0 radical (unpaired) electrons. The molecule has 0 aliphatic carbocycles. The third-order valence-corrected chi connectivity index (χ3v) is 2.01. The molecule has 0 amide bonds. The number of esters is 1. The molecule has 0 fully saturated rings. The van der Waals surface area contributed by atoms with E-state index in [1.54, 1.807) is 6.92 Å². The van der Waals surface area contributed by atoms with Crippen molar-refractivity contribution in [1.82, 2.24) is 5.32 Å². The number of nitrogens with one attached hydrogen (secondary N) is 1. The highest BCUT2D eigenvalue weighted by Crippen LogP contribution is 1.99. The fraction of sp³-hybridized carbons (Fsp3) is 0.727. The van der Waals surface area contributed by atoms with Gasteiger partial charge in [0.15, 0.2) is 0 Å². The van der Waals surface area contributed by atoms with Gasteiger partial charge < -0.3 is 19.5 Å². The summed E-state index contributed by atoms with van der Waals surface area (Å²) in [5, 5.41) is 2.92. The lowest BCUT2D eigenvalue weighted by Gasteiger charge is -2.12. The Hall–Kier alpha value is -1.63. The summed E-state index contributed by atoms with van der Waals surface area (Å²) >= 11 is 0. The molecule has 0 heterocycles. The molecule has 0 rings (SSSR count). The number of carbonyl (C=O) groups excluding carboxylic acids is 3. The number of carbonyl (C=O) groups is 3. The molecule has 0 spiro atoms. The fourth-order valence-electron chi connectivity index (χ4n) is 1.12. The van der Waals surface area contributed by atoms with Gasteiger partial charge in [0.05, 0.1) is 13.0 Å². The van der Waals surface area contributed by atoms with Gasteiger partial charge in [-0.2, -0.15) is 0 Å². The van der Waals surface area contributed by atoms with Crippen LogP contribution in [0.3, 0.4) is 0 Å². The second-order valence-electron chi connectivity index (χ2n) is 3.52. The lowest BCUT2D eigenvalue weighted by atomic mass is 10.3. The maximum Gasteiger partial charge on any atom is 0.307 e. The van der Waals surface area contributed by atoms with E-state index in [2.05, 4.69) is 14.8 Å². The van der Waals surface area contributed by atoms with Crippen LogP contribution < -0.4 is 5.32 Å². The fourth-order valence-corrected chi connectivity index (χ4v) is 1.12. The van der Waals surface area contributed by atoms with Crippen molar-refractivity contribution in [2.24, 2.45) is 0 Å². The summed E-state index contributed by atoms with van der Waals surface area (Å²) in [4.78, 5) is 31.0. The Morgan fingerprint density at radius 3 is 2.50 bits per heavy atom. The van der Waals surface area contributed by atoms with E-state index in [-0.39, 0.29) is 31.7 Å². The summed E-state index contributed by atoms with van der Waals surface area (Å²) in [6.07, 6.45) is 0.432. The SMILES string of the molecule is CC(CCOC=O)OC(=O)CCNCCOC=O. The van der Waals surface area contributed by atoms with Crippen LogP contribution in [0.25, 0.3) is 0 Å². The zero-order valence-corrected chi connectivity index (χ0v) is 10.4. The largest absolute Gasteiger partial charge is 0.468 e. The molecule has 1 atom stereocenters. The van der Waals surface area contributed by atoms with Crippen LogP contribution in [0.4, 0.5) is 0 Å². The van der Waals surface area contributed by atoms with Gasteiger partial charge in [-0.25, -0.2) is 0 Å². The zero-order chi connectivity index (χ0) is 13.6. The standard InChI is InChI=1S/C11H19NO6/c1-10(3-6-16-8-13)18-11(15)2-4-12-5-7-17-9-14/h8-10,12H,2-7H2,1H3. The Balaban J connectivity index is 3.40. The molecule has 7 heteroatoms. The van der Waals surface area contributed by atoms with Gasteiger partial charge in [-0.05, 0) is 6.92 Å². The molecule has 18 heavy (non-hydrogen) atoms. The van der Waals surface area contributed by atoms with Gasteiger partial charge in [-0.3, -0.25) is 14.4 Å². The maximum atomic E-state index is 11.3. The molecule has 7 nitrogen and oxygen atoms in total. The van der Waals surface area contributed by atoms with Crippen LogP contribution in [0.2, 0.25) is 0 Å². The van der Waals surface area contributed by atoms with E-state index in [9.17, 15) is 14.4 Å². The molecule has 0 aromatic rings. The number of hydrogen-bond donors (Lipinski definition) is 1. The Bertz CT molecular complexity index is 246. The van der Waals surface area contributed by atoms with Gasteiger partial charge in [0.1, 0.15) is 12.7 Å². The molecular weight excluding hydrogens is 242 g/mol. The molecule has 0 bridgehead atoms. The lowest BCUT2D eigenvalue weighted by Crippen LogP contribution is -2.25. The number of ether oxygens (including phenoxy) is 3. The van der Waals surface area contributed by atoms with Crippen molar-refractivity contribution in [2.45, 2.75) is 25.9 Å². The van der Waals surface area contributed by atoms with Crippen molar-refractivity contribution in [1.29, 1.82) is 0 Å². The Morgan fingerprint density at radius 2 is 1.83 bits per heavy atom. The predicted octanol–water partition coefficient (Wildman–Crippen LogP) is -0.366. The minimum Gasteiger partial charge on any atom is -0.468 e. The quantitative estimate of drug-likeness (QED) is 0.222. The third-order valence-electron chi connectivity index (χ3n) is 2.01. The summed E-state index contributed by atoms with van der Waals surface area (Å²) in [6, 6.07) is 0. The molecule has 104 valence electrons. The molecule has 0 saturated carbocycles. The number of rotatable bonds is 12. The average molecular weight is 261 g/mol. The second-order valence-corrected chi connectivity index (χ2v) is 3.52. The topological polar surface area (TPSA) is 90.9 Å². The molecule has 1 unspecified atom stereocenters. The normalized spacial score (nSPS) is 11.4. The monoisotopic (exact) mass is 261 g/mol. The van der Waals surface area contributed by atoms with Crippen LogP contribution in [0.15, 0.2) is 0 Å². The molecule has 0 aliphatic rings. The van der Waals surface area contributed by atoms with Crippen molar-refractivity contribution in [3.8, 4) is 0 Å². The summed E-state index contributed by atoms with van der Waals surface area (Å²) in [5.41, 5.74) is 0. The first-order valence-corrected chi connectivity index (χ1v) is 5.71. The van der Waals surface area contributed by atoms with Gasteiger partial charge in [-0.15, -0.1) is 0 Å². The van der Waals surface area contributed by atoms with Crippen molar-refractivity contribution in [2.75, 3.05) is 26.3 Å². The van der Waals surface area contributed by atoms with E-state index in [1.165, 1.54) is 0 Å². The first-order valence-electron chi connectivity index (χ1n) is 5.71. The number of hydrogen-bond acceptors (Lipinski definition) is 7. The highest BCUT2D eigenvalue weighted by Gasteiger charge is 2.08. The lowest BCUT2D eigenvalue weighted by molar-refractivity contribution is -0.149. The van der Waals surface area contributed by atoms with E-state index < -0.39 is 0 Å². The van der Waals surface area contributed by atoms with Crippen LogP contribution >= 0.6 is 0 Å². The highest BCUT2D eigenvalue weighted by atomic mass is 16.5. The van der Waals surface area contributed by atoms with Crippen LogP contribution in [0.5, 0.6) is 0 Å². The van der Waals surface area contributed by atoms with Crippen LogP contribution in [-0.4, -0.2) is 51.3 Å².